The Labute approximate surface area is 163 Å². The number of nitrogens with zero attached hydrogens (tertiary/aromatic N) is 3. The summed E-state index contributed by atoms with van der Waals surface area (Å²) in [6.07, 6.45) is 0. The van der Waals surface area contributed by atoms with Gasteiger partial charge >= 0.3 is 0 Å². The van der Waals surface area contributed by atoms with Gasteiger partial charge in [-0.1, -0.05) is 12.1 Å². The molecule has 3 rings (SSSR count). The smallest absolute Gasteiger partial charge is 0.243 e. The molecule has 0 aromatic heterocycles. The maximum absolute atomic E-state index is 12.9. The molecule has 0 radical (unpaired) electrons. The molecule has 0 spiro atoms. The van der Waals surface area contributed by atoms with Gasteiger partial charge in [0.1, 0.15) is 11.6 Å². The van der Waals surface area contributed by atoms with Gasteiger partial charge in [-0.15, -0.1) is 0 Å². The van der Waals surface area contributed by atoms with E-state index in [1.54, 1.807) is 19.2 Å². The molecule has 0 saturated carbocycles. The molecule has 0 bridgehead atoms. The summed E-state index contributed by atoms with van der Waals surface area (Å²) in [7, 11) is 1.68. The molecule has 148 valence electrons. The van der Waals surface area contributed by atoms with Crippen LogP contribution in [0, 0.1) is 5.82 Å². The van der Waals surface area contributed by atoms with Crippen molar-refractivity contribution in [1.82, 2.24) is 10.2 Å². The van der Waals surface area contributed by atoms with E-state index in [1.807, 2.05) is 12.1 Å². The maximum Gasteiger partial charge on any atom is 0.243 e. The van der Waals surface area contributed by atoms with Crippen LogP contribution in [0.3, 0.4) is 0 Å². The van der Waals surface area contributed by atoms with Crippen molar-refractivity contribution in [2.75, 3.05) is 50.0 Å². The number of carbonyl (C=O) groups is 1. The van der Waals surface area contributed by atoms with Crippen LogP contribution >= 0.6 is 0 Å². The number of phenolic OH excluding ortho intramolecular Hbond substituents is 1. The first-order valence-corrected chi connectivity index (χ1v) is 9.11. The van der Waals surface area contributed by atoms with Crippen LogP contribution in [-0.2, 0) is 4.79 Å². The van der Waals surface area contributed by atoms with Crippen LogP contribution in [0.4, 0.5) is 15.8 Å². The zero-order valence-electron chi connectivity index (χ0n) is 15.7. The van der Waals surface area contributed by atoms with E-state index in [4.69, 9.17) is 0 Å². The fraction of sp³-hybridized carbons (Fsp3) is 0.300. The number of guanidine groups is 1. The zero-order chi connectivity index (χ0) is 19.9. The Kier molecular flexibility index (Phi) is 6.31. The van der Waals surface area contributed by atoms with Crippen molar-refractivity contribution in [2.24, 2.45) is 4.99 Å². The highest BCUT2D eigenvalue weighted by Crippen LogP contribution is 2.27. The largest absolute Gasteiger partial charge is 0.506 e. The van der Waals surface area contributed by atoms with Crippen molar-refractivity contribution in [3.8, 4) is 5.75 Å². The Morgan fingerprint density at radius 3 is 2.43 bits per heavy atom. The molecule has 1 saturated heterocycles. The molecule has 0 unspecified atom stereocenters. The lowest BCUT2D eigenvalue weighted by molar-refractivity contribution is -0.115. The molecule has 2 aromatic rings. The third-order valence-electron chi connectivity index (χ3n) is 4.55. The van der Waals surface area contributed by atoms with Crippen molar-refractivity contribution in [2.45, 2.75) is 0 Å². The predicted octanol–water partition coefficient (Wildman–Crippen LogP) is 1.87. The van der Waals surface area contributed by atoms with E-state index in [9.17, 15) is 14.3 Å². The second-order valence-corrected chi connectivity index (χ2v) is 6.42. The molecule has 7 nitrogen and oxygen atoms in total. The van der Waals surface area contributed by atoms with E-state index in [1.165, 1.54) is 24.3 Å². The first-order chi connectivity index (χ1) is 13.6. The summed E-state index contributed by atoms with van der Waals surface area (Å²) in [4.78, 5) is 20.5. The van der Waals surface area contributed by atoms with Crippen LogP contribution in [0.1, 0.15) is 0 Å². The number of hydrogen-bond acceptors (Lipinski definition) is 4. The van der Waals surface area contributed by atoms with Crippen molar-refractivity contribution in [3.63, 3.8) is 0 Å². The standard InChI is InChI=1S/C20H24FN5O2/c1-22-20(23-14-19(28)24-16-8-6-15(21)7-9-16)26-12-10-25(11-13-26)17-4-2-3-5-18(17)27/h2-9,27H,10-14H2,1H3,(H,22,23)(H,24,28). The van der Waals surface area contributed by atoms with Gasteiger partial charge in [-0.05, 0) is 36.4 Å². The average molecular weight is 385 g/mol. The molecule has 8 heteroatoms. The molecule has 1 amide bonds. The third kappa shape index (κ3) is 4.91. The summed E-state index contributed by atoms with van der Waals surface area (Å²) >= 11 is 0. The van der Waals surface area contributed by atoms with E-state index >= 15 is 0 Å². The monoisotopic (exact) mass is 385 g/mol. The van der Waals surface area contributed by atoms with Crippen LogP contribution in [0.15, 0.2) is 53.5 Å². The van der Waals surface area contributed by atoms with Crippen molar-refractivity contribution >= 4 is 23.2 Å². The van der Waals surface area contributed by atoms with Crippen molar-refractivity contribution in [1.29, 1.82) is 0 Å². The van der Waals surface area contributed by atoms with E-state index < -0.39 is 0 Å². The van der Waals surface area contributed by atoms with E-state index in [2.05, 4.69) is 25.4 Å². The van der Waals surface area contributed by atoms with Gasteiger partial charge in [-0.3, -0.25) is 9.79 Å². The molecule has 1 heterocycles. The number of phenols is 1. The number of anilines is 2. The highest BCUT2D eigenvalue weighted by molar-refractivity contribution is 5.95. The Bertz CT molecular complexity index is 833. The number of aliphatic imine (C=N–C) groups is 1. The summed E-state index contributed by atoms with van der Waals surface area (Å²) in [5.74, 6) is 0.335. The number of nitrogens with one attached hydrogen (secondary N) is 2. The number of hydrogen-bond donors (Lipinski definition) is 3. The molecule has 28 heavy (non-hydrogen) atoms. The van der Waals surface area contributed by atoms with Gasteiger partial charge in [0.15, 0.2) is 5.96 Å². The molecule has 0 aliphatic carbocycles. The number of para-hydroxylation sites is 2. The van der Waals surface area contributed by atoms with Gasteiger partial charge in [-0.25, -0.2) is 4.39 Å². The minimum Gasteiger partial charge on any atom is -0.506 e. The van der Waals surface area contributed by atoms with Gasteiger partial charge in [-0.2, -0.15) is 0 Å². The highest BCUT2D eigenvalue weighted by atomic mass is 19.1. The first-order valence-electron chi connectivity index (χ1n) is 9.11. The van der Waals surface area contributed by atoms with Gasteiger partial charge in [0.25, 0.3) is 0 Å². The summed E-state index contributed by atoms with van der Waals surface area (Å²) in [5.41, 5.74) is 1.36. The summed E-state index contributed by atoms with van der Waals surface area (Å²) in [6, 6.07) is 12.9. The van der Waals surface area contributed by atoms with Gasteiger partial charge in [0.05, 0.1) is 12.2 Å². The van der Waals surface area contributed by atoms with Crippen LogP contribution < -0.4 is 15.5 Å². The minimum absolute atomic E-state index is 0.0593. The molecule has 2 aromatic carbocycles. The Morgan fingerprint density at radius 1 is 1.11 bits per heavy atom. The number of halogens is 1. The fourth-order valence-electron chi connectivity index (χ4n) is 3.12. The first kappa shape index (κ1) is 19.5. The number of aromatic hydroxyl groups is 1. The van der Waals surface area contributed by atoms with Crippen LogP contribution in [-0.4, -0.2) is 61.6 Å². The van der Waals surface area contributed by atoms with E-state index in [-0.39, 0.29) is 24.0 Å². The SMILES string of the molecule is CN=C(NCC(=O)Nc1ccc(F)cc1)N1CCN(c2ccccc2O)CC1. The van der Waals surface area contributed by atoms with Crippen LogP contribution in [0.2, 0.25) is 0 Å². The lowest BCUT2D eigenvalue weighted by Crippen LogP contribution is -2.53. The summed E-state index contributed by atoms with van der Waals surface area (Å²) in [6.45, 7) is 2.96. The Balaban J connectivity index is 1.49. The van der Waals surface area contributed by atoms with E-state index in [0.29, 0.717) is 24.7 Å². The topological polar surface area (TPSA) is 80.2 Å². The van der Waals surface area contributed by atoms with E-state index in [0.717, 1.165) is 18.8 Å². The van der Waals surface area contributed by atoms with Gasteiger partial charge in [0, 0.05) is 38.9 Å². The van der Waals surface area contributed by atoms with Crippen LogP contribution in [0.25, 0.3) is 0 Å². The minimum atomic E-state index is -0.348. The predicted molar refractivity (Wildman–Crippen MR) is 108 cm³/mol. The second-order valence-electron chi connectivity index (χ2n) is 6.42. The number of rotatable bonds is 4. The Morgan fingerprint density at radius 2 is 1.79 bits per heavy atom. The molecular weight excluding hydrogens is 361 g/mol. The Hall–Kier alpha value is -3.29. The molecule has 1 aliphatic heterocycles. The number of carbonyl (C=O) groups excluding carboxylic acids is 1. The average Bonchev–Trinajstić information content (AvgIpc) is 2.71. The zero-order valence-corrected chi connectivity index (χ0v) is 15.7. The lowest BCUT2D eigenvalue weighted by atomic mass is 10.2. The van der Waals surface area contributed by atoms with Crippen LogP contribution in [0.5, 0.6) is 5.75 Å². The normalized spacial score (nSPS) is 14.7. The molecule has 3 N–H and O–H groups in total. The quantitative estimate of drug-likeness (QED) is 0.553. The van der Waals surface area contributed by atoms with Crippen molar-refractivity contribution in [3.05, 3.63) is 54.3 Å². The molecular formula is C20H24FN5O2. The fourth-order valence-corrected chi connectivity index (χ4v) is 3.12. The molecule has 1 aliphatic rings. The lowest BCUT2D eigenvalue weighted by Gasteiger charge is -2.37. The molecule has 1 fully saturated rings. The van der Waals surface area contributed by atoms with Gasteiger partial charge in [0.2, 0.25) is 5.91 Å². The number of amides is 1. The van der Waals surface area contributed by atoms with Crippen molar-refractivity contribution < 1.29 is 14.3 Å². The maximum atomic E-state index is 12.9. The number of piperazine rings is 1. The second kappa shape index (κ2) is 9.07. The summed E-state index contributed by atoms with van der Waals surface area (Å²) in [5, 5.41) is 15.8. The highest BCUT2D eigenvalue weighted by Gasteiger charge is 2.21. The molecule has 0 atom stereocenters. The number of benzene rings is 2. The summed E-state index contributed by atoms with van der Waals surface area (Å²) < 4.78 is 12.9. The third-order valence-corrected chi connectivity index (χ3v) is 4.55. The van der Waals surface area contributed by atoms with Gasteiger partial charge < -0.3 is 25.5 Å².